The van der Waals surface area contributed by atoms with Crippen LogP contribution in [0.1, 0.15) is 0 Å². The van der Waals surface area contributed by atoms with E-state index in [1.807, 2.05) is 12.1 Å². The smallest absolute Gasteiger partial charge is 0.129 e. The van der Waals surface area contributed by atoms with Crippen molar-refractivity contribution in [2.45, 2.75) is 0 Å². The fourth-order valence-corrected chi connectivity index (χ4v) is 1.09. The molecule has 0 aliphatic rings. The second kappa shape index (κ2) is 2.99. The lowest BCUT2D eigenvalue weighted by Gasteiger charge is -1.94. The van der Waals surface area contributed by atoms with E-state index in [9.17, 15) is 0 Å². The first-order valence-corrected chi connectivity index (χ1v) is 3.88. The molecule has 0 aliphatic carbocycles. The van der Waals surface area contributed by atoms with E-state index in [1.165, 1.54) is 0 Å². The Morgan fingerprint density at radius 2 is 2.08 bits per heavy atom. The lowest BCUT2D eigenvalue weighted by Crippen LogP contribution is -1.76. The molecule has 0 aromatic carbocycles. The summed E-state index contributed by atoms with van der Waals surface area (Å²) in [6, 6.07) is 5.54. The topological polar surface area (TPSA) is 26.0 Å². The molecular formula is C9H6ClNO. The van der Waals surface area contributed by atoms with Gasteiger partial charge in [0.25, 0.3) is 0 Å². The monoisotopic (exact) mass is 179 g/mol. The van der Waals surface area contributed by atoms with Crippen LogP contribution in [0.25, 0.3) is 11.1 Å². The normalized spacial score (nSPS) is 10.1. The Bertz CT molecular complexity index is 353. The van der Waals surface area contributed by atoms with Gasteiger partial charge in [0.1, 0.15) is 5.15 Å². The van der Waals surface area contributed by atoms with E-state index in [2.05, 4.69) is 4.98 Å². The van der Waals surface area contributed by atoms with Crippen molar-refractivity contribution in [1.82, 2.24) is 4.98 Å². The van der Waals surface area contributed by atoms with Crippen LogP contribution in [0.15, 0.2) is 41.3 Å². The highest BCUT2D eigenvalue weighted by Gasteiger charge is 1.98. The number of hydrogen-bond donors (Lipinski definition) is 0. The van der Waals surface area contributed by atoms with Gasteiger partial charge in [-0.3, -0.25) is 0 Å². The molecule has 0 atom stereocenters. The van der Waals surface area contributed by atoms with E-state index in [4.69, 9.17) is 16.0 Å². The maximum Gasteiger partial charge on any atom is 0.129 e. The van der Waals surface area contributed by atoms with Crippen molar-refractivity contribution in [2.24, 2.45) is 0 Å². The SMILES string of the molecule is Clc1ccc(-c2ccoc2)cn1. The molecule has 60 valence electrons. The van der Waals surface area contributed by atoms with Crippen molar-refractivity contribution < 1.29 is 4.42 Å². The molecule has 0 fully saturated rings. The molecule has 0 aliphatic heterocycles. The van der Waals surface area contributed by atoms with Crippen LogP contribution in [0, 0.1) is 0 Å². The van der Waals surface area contributed by atoms with Gasteiger partial charge in [-0.25, -0.2) is 4.98 Å². The lowest BCUT2D eigenvalue weighted by atomic mass is 10.2. The summed E-state index contributed by atoms with van der Waals surface area (Å²) in [4.78, 5) is 3.96. The first kappa shape index (κ1) is 7.37. The van der Waals surface area contributed by atoms with Gasteiger partial charge in [0.2, 0.25) is 0 Å². The molecule has 2 aromatic heterocycles. The van der Waals surface area contributed by atoms with Crippen LogP contribution >= 0.6 is 11.6 Å². The van der Waals surface area contributed by atoms with Crippen molar-refractivity contribution in [3.8, 4) is 11.1 Å². The molecule has 2 heterocycles. The molecule has 0 amide bonds. The molecule has 0 N–H and O–H groups in total. The van der Waals surface area contributed by atoms with E-state index in [0.717, 1.165) is 11.1 Å². The predicted octanol–water partition coefficient (Wildman–Crippen LogP) is 3.00. The summed E-state index contributed by atoms with van der Waals surface area (Å²) < 4.78 is 4.94. The summed E-state index contributed by atoms with van der Waals surface area (Å²) in [6.07, 6.45) is 5.02. The van der Waals surface area contributed by atoms with Gasteiger partial charge in [-0.1, -0.05) is 11.6 Å². The molecule has 0 spiro atoms. The van der Waals surface area contributed by atoms with Crippen molar-refractivity contribution in [1.29, 1.82) is 0 Å². The molecule has 2 rings (SSSR count). The minimum absolute atomic E-state index is 0.502. The molecule has 0 unspecified atom stereocenters. The maximum atomic E-state index is 5.64. The molecule has 2 nitrogen and oxygen atoms in total. The average molecular weight is 180 g/mol. The summed E-state index contributed by atoms with van der Waals surface area (Å²) in [7, 11) is 0. The van der Waals surface area contributed by atoms with Gasteiger partial charge >= 0.3 is 0 Å². The molecular weight excluding hydrogens is 174 g/mol. The second-order valence-corrected chi connectivity index (χ2v) is 2.77. The average Bonchev–Trinajstić information content (AvgIpc) is 2.58. The van der Waals surface area contributed by atoms with Gasteiger partial charge in [-0.2, -0.15) is 0 Å². The summed E-state index contributed by atoms with van der Waals surface area (Å²) >= 11 is 5.64. The molecule has 12 heavy (non-hydrogen) atoms. The fourth-order valence-electron chi connectivity index (χ4n) is 0.975. The van der Waals surface area contributed by atoms with Gasteiger partial charge in [-0.15, -0.1) is 0 Å². The van der Waals surface area contributed by atoms with Crippen LogP contribution in [0.5, 0.6) is 0 Å². The van der Waals surface area contributed by atoms with Crippen molar-refractivity contribution >= 4 is 11.6 Å². The van der Waals surface area contributed by atoms with Gasteiger partial charge in [0, 0.05) is 17.3 Å². The number of halogens is 1. The van der Waals surface area contributed by atoms with Crippen molar-refractivity contribution in [2.75, 3.05) is 0 Å². The zero-order valence-corrected chi connectivity index (χ0v) is 6.95. The van der Waals surface area contributed by atoms with E-state index in [0.29, 0.717) is 5.15 Å². The largest absolute Gasteiger partial charge is 0.472 e. The Labute approximate surface area is 74.8 Å². The Hall–Kier alpha value is -1.28. The molecule has 0 radical (unpaired) electrons. The van der Waals surface area contributed by atoms with Crippen LogP contribution in [0.4, 0.5) is 0 Å². The number of furan rings is 1. The predicted molar refractivity (Wildman–Crippen MR) is 46.9 cm³/mol. The number of hydrogen-bond acceptors (Lipinski definition) is 2. The Morgan fingerprint density at radius 3 is 2.67 bits per heavy atom. The van der Waals surface area contributed by atoms with E-state index in [-0.39, 0.29) is 0 Å². The van der Waals surface area contributed by atoms with E-state index >= 15 is 0 Å². The minimum atomic E-state index is 0.502. The molecule has 0 bridgehead atoms. The summed E-state index contributed by atoms with van der Waals surface area (Å²) in [6.45, 7) is 0. The molecule has 2 aromatic rings. The Morgan fingerprint density at radius 1 is 1.17 bits per heavy atom. The van der Waals surface area contributed by atoms with Gasteiger partial charge in [0.05, 0.1) is 12.5 Å². The highest BCUT2D eigenvalue weighted by molar-refractivity contribution is 6.29. The zero-order valence-electron chi connectivity index (χ0n) is 6.20. The third-order valence-corrected chi connectivity index (χ3v) is 1.81. The highest BCUT2D eigenvalue weighted by Crippen LogP contribution is 2.19. The second-order valence-electron chi connectivity index (χ2n) is 2.38. The van der Waals surface area contributed by atoms with Crippen molar-refractivity contribution in [3.63, 3.8) is 0 Å². The summed E-state index contributed by atoms with van der Waals surface area (Å²) in [5.74, 6) is 0. The fraction of sp³-hybridized carbons (Fsp3) is 0. The number of aromatic nitrogens is 1. The van der Waals surface area contributed by atoms with Gasteiger partial charge in [-0.05, 0) is 18.2 Å². The number of nitrogens with zero attached hydrogens (tertiary/aromatic N) is 1. The first-order valence-electron chi connectivity index (χ1n) is 3.50. The zero-order chi connectivity index (χ0) is 8.39. The first-order chi connectivity index (χ1) is 5.86. The van der Waals surface area contributed by atoms with E-state index in [1.54, 1.807) is 24.8 Å². The highest BCUT2D eigenvalue weighted by atomic mass is 35.5. The standard InChI is InChI=1S/C9H6ClNO/c10-9-2-1-7(5-11-9)8-3-4-12-6-8/h1-6H. The van der Waals surface area contributed by atoms with Crippen LogP contribution in [-0.4, -0.2) is 4.98 Å². The van der Waals surface area contributed by atoms with E-state index < -0.39 is 0 Å². The summed E-state index contributed by atoms with van der Waals surface area (Å²) in [5, 5.41) is 0.502. The van der Waals surface area contributed by atoms with Crippen LogP contribution < -0.4 is 0 Å². The Kier molecular flexibility index (Phi) is 1.84. The van der Waals surface area contributed by atoms with Gasteiger partial charge in [0.15, 0.2) is 0 Å². The molecule has 0 saturated carbocycles. The minimum Gasteiger partial charge on any atom is -0.472 e. The van der Waals surface area contributed by atoms with Crippen LogP contribution in [0.3, 0.4) is 0 Å². The quantitative estimate of drug-likeness (QED) is 0.629. The van der Waals surface area contributed by atoms with Crippen molar-refractivity contribution in [3.05, 3.63) is 42.1 Å². The molecule has 3 heteroatoms. The summed E-state index contributed by atoms with van der Waals surface area (Å²) in [5.41, 5.74) is 2.02. The third kappa shape index (κ3) is 1.34. The number of pyridine rings is 1. The molecule has 0 saturated heterocycles. The van der Waals surface area contributed by atoms with Crippen LogP contribution in [-0.2, 0) is 0 Å². The lowest BCUT2D eigenvalue weighted by molar-refractivity contribution is 0.568. The Balaban J connectivity index is 2.43. The third-order valence-electron chi connectivity index (χ3n) is 1.58. The van der Waals surface area contributed by atoms with Gasteiger partial charge < -0.3 is 4.42 Å². The number of rotatable bonds is 1. The maximum absolute atomic E-state index is 5.64. The van der Waals surface area contributed by atoms with Crippen LogP contribution in [0.2, 0.25) is 5.15 Å².